The molecule has 7 heteroatoms. The Morgan fingerprint density at radius 3 is 2.69 bits per heavy atom. The summed E-state index contributed by atoms with van der Waals surface area (Å²) in [5.41, 5.74) is -1.43. The first-order valence-corrected chi connectivity index (χ1v) is 4.64. The van der Waals surface area contributed by atoms with Crippen LogP contribution in [0.15, 0.2) is 12.3 Å². The van der Waals surface area contributed by atoms with Crippen LogP contribution in [0.25, 0.3) is 0 Å². The second-order valence-corrected chi connectivity index (χ2v) is 3.14. The van der Waals surface area contributed by atoms with Gasteiger partial charge in [-0.1, -0.05) is 11.6 Å². The van der Waals surface area contributed by atoms with E-state index in [2.05, 4.69) is 9.72 Å². The SMILES string of the molecule is CCOC(=O)c1cnc(Cl)c(C(F)(F)F)c1. The molecule has 0 N–H and O–H groups in total. The van der Waals surface area contributed by atoms with Crippen molar-refractivity contribution in [2.45, 2.75) is 13.1 Å². The fourth-order valence-corrected chi connectivity index (χ4v) is 1.18. The van der Waals surface area contributed by atoms with E-state index in [1.807, 2.05) is 0 Å². The lowest BCUT2D eigenvalue weighted by molar-refractivity contribution is -0.137. The monoisotopic (exact) mass is 253 g/mol. The van der Waals surface area contributed by atoms with Crippen LogP contribution in [0.5, 0.6) is 0 Å². The van der Waals surface area contributed by atoms with Gasteiger partial charge in [0.05, 0.1) is 17.7 Å². The van der Waals surface area contributed by atoms with Gasteiger partial charge in [-0.3, -0.25) is 0 Å². The summed E-state index contributed by atoms with van der Waals surface area (Å²) in [4.78, 5) is 14.5. The molecule has 0 bridgehead atoms. The third-order valence-electron chi connectivity index (χ3n) is 1.66. The van der Waals surface area contributed by atoms with Crippen LogP contribution in [0.4, 0.5) is 13.2 Å². The molecule has 1 aromatic rings. The van der Waals surface area contributed by atoms with Crippen LogP contribution in [-0.2, 0) is 10.9 Å². The molecular weight excluding hydrogens is 247 g/mol. The fraction of sp³-hybridized carbons (Fsp3) is 0.333. The Hall–Kier alpha value is -1.30. The van der Waals surface area contributed by atoms with Gasteiger partial charge in [0, 0.05) is 6.20 Å². The van der Waals surface area contributed by atoms with Gasteiger partial charge in [-0.25, -0.2) is 9.78 Å². The first-order chi connectivity index (χ1) is 7.36. The third-order valence-corrected chi connectivity index (χ3v) is 1.96. The summed E-state index contributed by atoms with van der Waals surface area (Å²) in [6.45, 7) is 1.62. The molecule has 0 fully saturated rings. The maximum Gasteiger partial charge on any atom is 0.419 e. The normalized spacial score (nSPS) is 11.3. The molecule has 0 spiro atoms. The van der Waals surface area contributed by atoms with Crippen LogP contribution >= 0.6 is 11.6 Å². The second kappa shape index (κ2) is 4.69. The molecule has 1 rings (SSSR count). The van der Waals surface area contributed by atoms with Gasteiger partial charge >= 0.3 is 12.1 Å². The Kier molecular flexibility index (Phi) is 3.74. The number of alkyl halides is 3. The van der Waals surface area contributed by atoms with Gasteiger partial charge in [0.2, 0.25) is 0 Å². The van der Waals surface area contributed by atoms with Crippen molar-refractivity contribution < 1.29 is 22.7 Å². The molecule has 0 aromatic carbocycles. The zero-order chi connectivity index (χ0) is 12.3. The van der Waals surface area contributed by atoms with Crippen LogP contribution in [-0.4, -0.2) is 17.6 Å². The highest BCUT2D eigenvalue weighted by Crippen LogP contribution is 2.33. The third kappa shape index (κ3) is 2.85. The molecule has 0 radical (unpaired) electrons. The highest BCUT2D eigenvalue weighted by molar-refractivity contribution is 6.30. The molecule has 0 aliphatic rings. The van der Waals surface area contributed by atoms with Crippen LogP contribution in [0.2, 0.25) is 5.15 Å². The number of carbonyl (C=O) groups excluding carboxylic acids is 1. The maximum absolute atomic E-state index is 12.4. The van der Waals surface area contributed by atoms with Gasteiger partial charge < -0.3 is 4.74 Å². The minimum atomic E-state index is -4.65. The number of hydrogen-bond donors (Lipinski definition) is 0. The topological polar surface area (TPSA) is 39.2 Å². The fourth-order valence-electron chi connectivity index (χ4n) is 0.973. The highest BCUT2D eigenvalue weighted by atomic mass is 35.5. The lowest BCUT2D eigenvalue weighted by Gasteiger charge is -2.09. The summed E-state index contributed by atoms with van der Waals surface area (Å²) in [5, 5.41) is -0.694. The van der Waals surface area contributed by atoms with E-state index in [0.717, 1.165) is 6.20 Å². The summed E-state index contributed by atoms with van der Waals surface area (Å²) in [6.07, 6.45) is -3.71. The molecule has 0 amide bonds. The first-order valence-electron chi connectivity index (χ1n) is 4.26. The molecule has 0 unspecified atom stereocenters. The Morgan fingerprint density at radius 1 is 1.56 bits per heavy atom. The smallest absolute Gasteiger partial charge is 0.419 e. The maximum atomic E-state index is 12.4. The van der Waals surface area contributed by atoms with Crippen molar-refractivity contribution in [2.75, 3.05) is 6.61 Å². The minimum absolute atomic E-state index is 0.0722. The standard InChI is InChI=1S/C9H7ClF3NO2/c1-2-16-8(15)5-3-6(9(11,12)13)7(10)14-4-5/h3-4H,2H2,1H3. The number of hydrogen-bond acceptors (Lipinski definition) is 3. The molecule has 0 aliphatic carbocycles. The van der Waals surface area contributed by atoms with Gasteiger partial charge in [0.25, 0.3) is 0 Å². The van der Waals surface area contributed by atoms with Crippen molar-refractivity contribution in [2.24, 2.45) is 0 Å². The summed E-state index contributed by atoms with van der Waals surface area (Å²) in [5.74, 6) is -0.864. The van der Waals surface area contributed by atoms with Crippen LogP contribution in [0.3, 0.4) is 0 Å². The lowest BCUT2D eigenvalue weighted by atomic mass is 10.2. The van der Waals surface area contributed by atoms with E-state index in [4.69, 9.17) is 11.6 Å². The lowest BCUT2D eigenvalue weighted by Crippen LogP contribution is -2.11. The number of halogens is 4. The van der Waals surface area contributed by atoms with Crippen LogP contribution in [0, 0.1) is 0 Å². The van der Waals surface area contributed by atoms with Gasteiger partial charge in [0.15, 0.2) is 0 Å². The van der Waals surface area contributed by atoms with Crippen LogP contribution in [0.1, 0.15) is 22.8 Å². The van der Waals surface area contributed by atoms with E-state index in [0.29, 0.717) is 6.07 Å². The number of rotatable bonds is 2. The van der Waals surface area contributed by atoms with E-state index < -0.39 is 22.9 Å². The number of pyridine rings is 1. The summed E-state index contributed by atoms with van der Waals surface area (Å²) >= 11 is 5.28. The summed E-state index contributed by atoms with van der Waals surface area (Å²) in [6, 6.07) is 0.618. The molecule has 0 atom stereocenters. The zero-order valence-corrected chi connectivity index (χ0v) is 8.89. The van der Waals surface area contributed by atoms with E-state index >= 15 is 0 Å². The Labute approximate surface area is 94.2 Å². The van der Waals surface area contributed by atoms with Crippen molar-refractivity contribution in [1.29, 1.82) is 0 Å². The van der Waals surface area contributed by atoms with E-state index in [9.17, 15) is 18.0 Å². The summed E-state index contributed by atoms with van der Waals surface area (Å²) < 4.78 is 41.8. The Bertz CT molecular complexity index is 406. The zero-order valence-electron chi connectivity index (χ0n) is 8.14. The molecule has 1 heterocycles. The Balaban J connectivity index is 3.13. The number of esters is 1. The number of ether oxygens (including phenoxy) is 1. The van der Waals surface area contributed by atoms with E-state index in [1.54, 1.807) is 6.92 Å². The van der Waals surface area contributed by atoms with Gasteiger partial charge in [-0.2, -0.15) is 13.2 Å². The molecule has 0 aliphatic heterocycles. The van der Waals surface area contributed by atoms with Crippen molar-refractivity contribution >= 4 is 17.6 Å². The van der Waals surface area contributed by atoms with Crippen molar-refractivity contribution in [3.05, 3.63) is 28.5 Å². The number of nitrogens with zero attached hydrogens (tertiary/aromatic N) is 1. The first kappa shape index (κ1) is 12.8. The van der Waals surface area contributed by atoms with Gasteiger partial charge in [-0.15, -0.1) is 0 Å². The molecule has 1 aromatic heterocycles. The molecule has 88 valence electrons. The minimum Gasteiger partial charge on any atom is -0.462 e. The quantitative estimate of drug-likeness (QED) is 0.601. The second-order valence-electron chi connectivity index (χ2n) is 2.78. The van der Waals surface area contributed by atoms with E-state index in [-0.39, 0.29) is 12.2 Å². The highest BCUT2D eigenvalue weighted by Gasteiger charge is 2.34. The number of aromatic nitrogens is 1. The van der Waals surface area contributed by atoms with Crippen molar-refractivity contribution in [1.82, 2.24) is 4.98 Å². The predicted octanol–water partition coefficient (Wildman–Crippen LogP) is 2.93. The van der Waals surface area contributed by atoms with E-state index in [1.165, 1.54) is 0 Å². The van der Waals surface area contributed by atoms with Crippen LogP contribution < -0.4 is 0 Å². The molecule has 3 nitrogen and oxygen atoms in total. The van der Waals surface area contributed by atoms with Gasteiger partial charge in [0.1, 0.15) is 5.15 Å². The largest absolute Gasteiger partial charge is 0.462 e. The van der Waals surface area contributed by atoms with Crippen molar-refractivity contribution in [3.63, 3.8) is 0 Å². The average Bonchev–Trinajstić information content (AvgIpc) is 2.16. The van der Waals surface area contributed by atoms with Crippen molar-refractivity contribution in [3.8, 4) is 0 Å². The Morgan fingerprint density at radius 2 is 2.19 bits per heavy atom. The molecule has 16 heavy (non-hydrogen) atoms. The molecular formula is C9H7ClF3NO2. The number of carbonyl (C=O) groups is 1. The predicted molar refractivity (Wildman–Crippen MR) is 50.2 cm³/mol. The average molecular weight is 254 g/mol. The van der Waals surface area contributed by atoms with Gasteiger partial charge in [-0.05, 0) is 13.0 Å². The molecule has 0 saturated carbocycles. The summed E-state index contributed by atoms with van der Waals surface area (Å²) in [7, 11) is 0. The molecule has 0 saturated heterocycles.